The van der Waals surface area contributed by atoms with Crippen LogP contribution in [0.3, 0.4) is 0 Å². The van der Waals surface area contributed by atoms with Crippen molar-refractivity contribution in [3.63, 3.8) is 0 Å². The molecule has 20 heavy (non-hydrogen) atoms. The third-order valence-corrected chi connectivity index (χ3v) is 3.06. The summed E-state index contributed by atoms with van der Waals surface area (Å²) in [5.41, 5.74) is 1.04. The Hall–Kier alpha value is -1.88. The van der Waals surface area contributed by atoms with E-state index < -0.39 is 0 Å². The minimum atomic E-state index is 0.617. The van der Waals surface area contributed by atoms with E-state index in [-0.39, 0.29) is 0 Å². The molecule has 0 atom stereocenters. The van der Waals surface area contributed by atoms with Gasteiger partial charge in [0.05, 0.1) is 18.4 Å². The van der Waals surface area contributed by atoms with Crippen molar-refractivity contribution in [1.82, 2.24) is 19.9 Å². The van der Waals surface area contributed by atoms with Crippen molar-refractivity contribution >= 4 is 0 Å². The van der Waals surface area contributed by atoms with Gasteiger partial charge in [-0.2, -0.15) is 0 Å². The standard InChI is InChI=1S/C15H22N4O/c1-3-6-16-11-14-4-5-15(12-18-14)20-10-9-19-8-7-17-13(19)2/h4-5,7-8,12,16H,3,6,9-11H2,1-2H3. The van der Waals surface area contributed by atoms with Gasteiger partial charge in [0, 0.05) is 18.9 Å². The Morgan fingerprint density at radius 3 is 2.85 bits per heavy atom. The zero-order chi connectivity index (χ0) is 14.2. The average Bonchev–Trinajstić information content (AvgIpc) is 2.87. The molecule has 5 heteroatoms. The lowest BCUT2D eigenvalue weighted by atomic mass is 10.3. The lowest BCUT2D eigenvalue weighted by molar-refractivity contribution is 0.295. The first-order valence-electron chi connectivity index (χ1n) is 7.05. The van der Waals surface area contributed by atoms with Crippen LogP contribution in [-0.2, 0) is 13.1 Å². The molecular formula is C15H22N4O. The Kier molecular flexibility index (Phi) is 5.55. The summed E-state index contributed by atoms with van der Waals surface area (Å²) < 4.78 is 7.75. The van der Waals surface area contributed by atoms with Crippen molar-refractivity contribution in [3.8, 4) is 5.75 Å². The van der Waals surface area contributed by atoms with Crippen molar-refractivity contribution in [1.29, 1.82) is 0 Å². The summed E-state index contributed by atoms with van der Waals surface area (Å²) in [4.78, 5) is 8.55. The number of ether oxygens (including phenoxy) is 1. The molecule has 0 unspecified atom stereocenters. The normalized spacial score (nSPS) is 10.7. The smallest absolute Gasteiger partial charge is 0.137 e. The summed E-state index contributed by atoms with van der Waals surface area (Å²) in [6.07, 6.45) is 6.67. The van der Waals surface area contributed by atoms with Crippen molar-refractivity contribution in [2.75, 3.05) is 13.2 Å². The highest BCUT2D eigenvalue weighted by Crippen LogP contribution is 2.09. The van der Waals surface area contributed by atoms with Crippen LogP contribution in [-0.4, -0.2) is 27.7 Å². The molecule has 5 nitrogen and oxygen atoms in total. The highest BCUT2D eigenvalue weighted by molar-refractivity contribution is 5.19. The second kappa shape index (κ2) is 7.65. The van der Waals surface area contributed by atoms with Gasteiger partial charge in [-0.15, -0.1) is 0 Å². The van der Waals surface area contributed by atoms with E-state index in [4.69, 9.17) is 4.74 Å². The zero-order valence-electron chi connectivity index (χ0n) is 12.2. The van der Waals surface area contributed by atoms with Crippen molar-refractivity contribution in [2.24, 2.45) is 0 Å². The number of aromatic nitrogens is 3. The van der Waals surface area contributed by atoms with Crippen LogP contribution < -0.4 is 10.1 Å². The van der Waals surface area contributed by atoms with Gasteiger partial charge in [-0.1, -0.05) is 6.92 Å². The number of imidazole rings is 1. The van der Waals surface area contributed by atoms with Crippen LogP contribution in [0, 0.1) is 6.92 Å². The summed E-state index contributed by atoms with van der Waals surface area (Å²) in [6.45, 7) is 7.38. The monoisotopic (exact) mass is 274 g/mol. The Bertz CT molecular complexity index is 507. The van der Waals surface area contributed by atoms with Gasteiger partial charge in [0.1, 0.15) is 18.2 Å². The predicted molar refractivity (Wildman–Crippen MR) is 78.7 cm³/mol. The van der Waals surface area contributed by atoms with Crippen LogP contribution in [0.2, 0.25) is 0 Å². The van der Waals surface area contributed by atoms with Crippen LogP contribution in [0.25, 0.3) is 0 Å². The SMILES string of the molecule is CCCNCc1ccc(OCCn2ccnc2C)cn1. The third kappa shape index (κ3) is 4.35. The first kappa shape index (κ1) is 14.5. The molecule has 0 saturated heterocycles. The first-order chi connectivity index (χ1) is 9.79. The molecule has 0 aliphatic carbocycles. The van der Waals surface area contributed by atoms with Crippen LogP contribution in [0.4, 0.5) is 0 Å². The van der Waals surface area contributed by atoms with Crippen LogP contribution in [0.5, 0.6) is 5.75 Å². The highest BCUT2D eigenvalue weighted by Gasteiger charge is 1.99. The van der Waals surface area contributed by atoms with E-state index in [0.29, 0.717) is 6.61 Å². The molecule has 108 valence electrons. The van der Waals surface area contributed by atoms with Gasteiger partial charge < -0.3 is 14.6 Å². The fourth-order valence-corrected chi connectivity index (χ4v) is 1.90. The van der Waals surface area contributed by atoms with Crippen molar-refractivity contribution in [2.45, 2.75) is 33.4 Å². The topological polar surface area (TPSA) is 52.0 Å². The van der Waals surface area contributed by atoms with Crippen LogP contribution in [0.1, 0.15) is 24.9 Å². The minimum Gasteiger partial charge on any atom is -0.490 e. The summed E-state index contributed by atoms with van der Waals surface area (Å²) >= 11 is 0. The molecule has 0 spiro atoms. The lowest BCUT2D eigenvalue weighted by Crippen LogP contribution is -2.14. The molecular weight excluding hydrogens is 252 g/mol. The number of nitrogens with zero attached hydrogens (tertiary/aromatic N) is 3. The van der Waals surface area contributed by atoms with Crippen LogP contribution in [0.15, 0.2) is 30.7 Å². The van der Waals surface area contributed by atoms with Gasteiger partial charge in [0.25, 0.3) is 0 Å². The van der Waals surface area contributed by atoms with E-state index in [1.54, 1.807) is 12.4 Å². The van der Waals surface area contributed by atoms with Gasteiger partial charge in [0.15, 0.2) is 0 Å². The summed E-state index contributed by atoms with van der Waals surface area (Å²) in [7, 11) is 0. The zero-order valence-corrected chi connectivity index (χ0v) is 12.2. The predicted octanol–water partition coefficient (Wildman–Crippen LogP) is 2.17. The Morgan fingerprint density at radius 2 is 2.20 bits per heavy atom. The first-order valence-corrected chi connectivity index (χ1v) is 7.05. The molecule has 1 N–H and O–H groups in total. The average molecular weight is 274 g/mol. The molecule has 0 aliphatic rings. The molecule has 2 aromatic heterocycles. The molecule has 2 heterocycles. The van der Waals surface area contributed by atoms with E-state index in [1.165, 1.54) is 0 Å². The van der Waals surface area contributed by atoms with Gasteiger partial charge >= 0.3 is 0 Å². The Morgan fingerprint density at radius 1 is 1.30 bits per heavy atom. The fourth-order valence-electron chi connectivity index (χ4n) is 1.90. The van der Waals surface area contributed by atoms with E-state index in [0.717, 1.165) is 43.3 Å². The highest BCUT2D eigenvalue weighted by atomic mass is 16.5. The summed E-state index contributed by atoms with van der Waals surface area (Å²) in [6, 6.07) is 3.97. The maximum atomic E-state index is 5.68. The van der Waals surface area contributed by atoms with Gasteiger partial charge in [-0.3, -0.25) is 4.98 Å². The molecule has 0 saturated carbocycles. The summed E-state index contributed by atoms with van der Waals surface area (Å²) in [5, 5.41) is 3.33. The second-order valence-corrected chi connectivity index (χ2v) is 4.68. The number of aryl methyl sites for hydroxylation is 1. The molecule has 2 rings (SSSR count). The number of hydrogen-bond acceptors (Lipinski definition) is 4. The van der Waals surface area contributed by atoms with E-state index in [2.05, 4.69) is 26.8 Å². The summed E-state index contributed by atoms with van der Waals surface area (Å²) in [5.74, 6) is 1.81. The largest absolute Gasteiger partial charge is 0.490 e. The molecule has 2 aromatic rings. The van der Waals surface area contributed by atoms with Gasteiger partial charge in [-0.25, -0.2) is 4.98 Å². The van der Waals surface area contributed by atoms with Crippen molar-refractivity contribution < 1.29 is 4.74 Å². The molecule has 0 aromatic carbocycles. The molecule has 0 amide bonds. The second-order valence-electron chi connectivity index (χ2n) is 4.68. The molecule has 0 radical (unpaired) electrons. The molecule has 0 aliphatic heterocycles. The third-order valence-electron chi connectivity index (χ3n) is 3.06. The van der Waals surface area contributed by atoms with Crippen molar-refractivity contribution in [3.05, 3.63) is 42.2 Å². The number of pyridine rings is 1. The number of hydrogen-bond donors (Lipinski definition) is 1. The Balaban J connectivity index is 1.74. The maximum Gasteiger partial charge on any atom is 0.137 e. The maximum absolute atomic E-state index is 5.68. The molecule has 0 bridgehead atoms. The quantitative estimate of drug-likeness (QED) is 0.750. The van der Waals surface area contributed by atoms with Crippen LogP contribution >= 0.6 is 0 Å². The minimum absolute atomic E-state index is 0.617. The van der Waals surface area contributed by atoms with Gasteiger partial charge in [-0.05, 0) is 32.0 Å². The van der Waals surface area contributed by atoms with Gasteiger partial charge in [0.2, 0.25) is 0 Å². The molecule has 0 fully saturated rings. The van der Waals surface area contributed by atoms with E-state index in [9.17, 15) is 0 Å². The lowest BCUT2D eigenvalue weighted by Gasteiger charge is -2.08. The van der Waals surface area contributed by atoms with E-state index in [1.807, 2.05) is 25.3 Å². The number of rotatable bonds is 8. The number of nitrogens with one attached hydrogen (secondary N) is 1. The fraction of sp³-hybridized carbons (Fsp3) is 0.467. The Labute approximate surface area is 120 Å². The van der Waals surface area contributed by atoms with E-state index >= 15 is 0 Å².